The monoisotopic (exact) mass is 334 g/mol. The zero-order valence-corrected chi connectivity index (χ0v) is 11.4. The van der Waals surface area contributed by atoms with Gasteiger partial charge in [0.25, 0.3) is 0 Å². The number of hydrogen-bond donors (Lipinski definition) is 1. The van der Waals surface area contributed by atoms with Gasteiger partial charge in [0.15, 0.2) is 6.10 Å². The molecule has 7 heteroatoms. The average molecular weight is 335 g/mol. The van der Waals surface area contributed by atoms with Crippen molar-refractivity contribution in [1.82, 2.24) is 9.78 Å². The maximum atomic E-state index is 12.6. The van der Waals surface area contributed by atoms with Crippen molar-refractivity contribution in [2.24, 2.45) is 0 Å². The first-order valence-electron chi connectivity index (χ1n) is 5.36. The van der Waals surface area contributed by atoms with E-state index in [0.717, 1.165) is 0 Å². The highest BCUT2D eigenvalue weighted by molar-refractivity contribution is 9.10. The van der Waals surface area contributed by atoms with E-state index in [-0.39, 0.29) is 11.3 Å². The van der Waals surface area contributed by atoms with E-state index in [1.165, 1.54) is 22.9 Å². The van der Waals surface area contributed by atoms with Gasteiger partial charge in [-0.15, -0.1) is 0 Å². The third-order valence-corrected chi connectivity index (χ3v) is 3.06. The Morgan fingerprint density at radius 1 is 1.32 bits per heavy atom. The Balaban J connectivity index is 2.56. The van der Waals surface area contributed by atoms with Crippen molar-refractivity contribution in [3.8, 4) is 5.69 Å². The molecular weight excluding hydrogens is 325 g/mol. The third-order valence-electron chi connectivity index (χ3n) is 2.57. The van der Waals surface area contributed by atoms with E-state index in [1.807, 2.05) is 0 Å². The number of benzene rings is 1. The normalized spacial score (nSPS) is 13.6. The Labute approximate surface area is 115 Å². The molecule has 2 rings (SSSR count). The van der Waals surface area contributed by atoms with Gasteiger partial charge in [-0.2, -0.15) is 18.3 Å². The lowest BCUT2D eigenvalue weighted by Gasteiger charge is -2.18. The van der Waals surface area contributed by atoms with Crippen molar-refractivity contribution < 1.29 is 18.3 Å². The van der Waals surface area contributed by atoms with E-state index in [2.05, 4.69) is 21.0 Å². The van der Waals surface area contributed by atoms with Crippen molar-refractivity contribution in [3.63, 3.8) is 0 Å². The fraction of sp³-hybridized carbons (Fsp3) is 0.250. The van der Waals surface area contributed by atoms with Gasteiger partial charge in [-0.25, -0.2) is 4.68 Å². The van der Waals surface area contributed by atoms with E-state index in [1.54, 1.807) is 19.2 Å². The minimum atomic E-state index is -4.72. The molecule has 1 aromatic carbocycles. The van der Waals surface area contributed by atoms with Crippen LogP contribution in [0.3, 0.4) is 0 Å². The summed E-state index contributed by atoms with van der Waals surface area (Å²) in [5.41, 5.74) is 0.624. The first-order valence-corrected chi connectivity index (χ1v) is 6.15. The fourth-order valence-electron chi connectivity index (χ4n) is 1.67. The van der Waals surface area contributed by atoms with Crippen LogP contribution in [-0.2, 0) is 0 Å². The molecule has 0 bridgehead atoms. The van der Waals surface area contributed by atoms with Crippen LogP contribution in [0.2, 0.25) is 0 Å². The number of hydrogen-bond acceptors (Lipinski definition) is 2. The molecule has 0 amide bonds. The highest BCUT2D eigenvalue weighted by Gasteiger charge is 2.40. The maximum absolute atomic E-state index is 12.6. The summed E-state index contributed by atoms with van der Waals surface area (Å²) in [6, 6.07) is 5.83. The lowest BCUT2D eigenvalue weighted by atomic mass is 10.1. The summed E-state index contributed by atoms with van der Waals surface area (Å²) in [5, 5.41) is 13.5. The van der Waals surface area contributed by atoms with Crippen LogP contribution in [0.5, 0.6) is 0 Å². The van der Waals surface area contributed by atoms with Gasteiger partial charge in [-0.05, 0) is 25.1 Å². The van der Waals surface area contributed by atoms with E-state index in [0.29, 0.717) is 10.2 Å². The predicted molar refractivity (Wildman–Crippen MR) is 67.0 cm³/mol. The smallest absolute Gasteiger partial charge is 0.379 e. The number of aryl methyl sites for hydroxylation is 1. The van der Waals surface area contributed by atoms with Crippen LogP contribution < -0.4 is 0 Å². The molecule has 0 saturated heterocycles. The average Bonchev–Trinajstić information content (AvgIpc) is 2.73. The van der Waals surface area contributed by atoms with Gasteiger partial charge in [-0.1, -0.05) is 22.0 Å². The SMILES string of the molecule is Cc1ccn(-c2cc(Br)ccc2C(O)C(F)(F)F)n1. The van der Waals surface area contributed by atoms with E-state index < -0.39 is 12.3 Å². The highest BCUT2D eigenvalue weighted by atomic mass is 79.9. The molecule has 1 atom stereocenters. The second kappa shape index (κ2) is 4.97. The van der Waals surface area contributed by atoms with Crippen LogP contribution in [0.1, 0.15) is 17.4 Å². The van der Waals surface area contributed by atoms with Crippen LogP contribution >= 0.6 is 15.9 Å². The second-order valence-electron chi connectivity index (χ2n) is 4.05. The summed E-state index contributed by atoms with van der Waals surface area (Å²) in [5.74, 6) is 0. The van der Waals surface area contributed by atoms with Crippen LogP contribution in [0.4, 0.5) is 13.2 Å². The molecule has 0 aliphatic heterocycles. The van der Waals surface area contributed by atoms with Crippen molar-refractivity contribution >= 4 is 15.9 Å². The number of aromatic nitrogens is 2. The number of aliphatic hydroxyl groups is 1. The quantitative estimate of drug-likeness (QED) is 0.912. The molecule has 102 valence electrons. The molecule has 0 spiro atoms. The first-order chi connectivity index (χ1) is 8.79. The van der Waals surface area contributed by atoms with E-state index in [9.17, 15) is 18.3 Å². The lowest BCUT2D eigenvalue weighted by molar-refractivity contribution is -0.206. The Morgan fingerprint density at radius 2 is 2.00 bits per heavy atom. The van der Waals surface area contributed by atoms with Gasteiger partial charge in [0, 0.05) is 16.2 Å². The Morgan fingerprint density at radius 3 is 2.53 bits per heavy atom. The zero-order chi connectivity index (χ0) is 14.2. The summed E-state index contributed by atoms with van der Waals surface area (Å²) >= 11 is 3.20. The molecule has 1 heterocycles. The molecule has 1 unspecified atom stereocenters. The summed E-state index contributed by atoms with van der Waals surface area (Å²) < 4.78 is 39.9. The second-order valence-corrected chi connectivity index (χ2v) is 4.96. The summed E-state index contributed by atoms with van der Waals surface area (Å²) in [4.78, 5) is 0. The molecule has 19 heavy (non-hydrogen) atoms. The topological polar surface area (TPSA) is 38.0 Å². The molecule has 3 nitrogen and oxygen atoms in total. The highest BCUT2D eigenvalue weighted by Crippen LogP contribution is 2.36. The number of aliphatic hydroxyl groups excluding tert-OH is 1. The molecule has 0 aliphatic rings. The predicted octanol–water partition coefficient (Wildman–Crippen LogP) is 3.54. The minimum absolute atomic E-state index is 0.187. The van der Waals surface area contributed by atoms with Gasteiger partial charge >= 0.3 is 6.18 Å². The van der Waals surface area contributed by atoms with Gasteiger partial charge in [0.2, 0.25) is 0 Å². The molecular formula is C12H10BrF3N2O. The molecule has 1 aromatic heterocycles. The summed E-state index contributed by atoms with van der Waals surface area (Å²) in [6.45, 7) is 1.73. The summed E-state index contributed by atoms with van der Waals surface area (Å²) in [6.07, 6.45) is -5.71. The summed E-state index contributed by atoms with van der Waals surface area (Å²) in [7, 11) is 0. The minimum Gasteiger partial charge on any atom is -0.379 e. The number of halogens is 4. The fourth-order valence-corrected chi connectivity index (χ4v) is 2.02. The van der Waals surface area contributed by atoms with Gasteiger partial charge in [0.1, 0.15) is 0 Å². The molecule has 0 fully saturated rings. The standard InChI is InChI=1S/C12H10BrF3N2O/c1-7-4-5-18(17-7)10-6-8(13)2-3-9(10)11(19)12(14,15)16/h2-6,11,19H,1H3. The Kier molecular flexibility index (Phi) is 3.69. The van der Waals surface area contributed by atoms with E-state index >= 15 is 0 Å². The van der Waals surface area contributed by atoms with Crippen LogP contribution in [-0.4, -0.2) is 21.1 Å². The molecule has 0 saturated carbocycles. The zero-order valence-electron chi connectivity index (χ0n) is 9.82. The number of alkyl halides is 3. The van der Waals surface area contributed by atoms with Gasteiger partial charge in [0.05, 0.1) is 11.4 Å². The lowest BCUT2D eigenvalue weighted by Crippen LogP contribution is -2.22. The molecule has 2 aromatic rings. The number of rotatable bonds is 2. The largest absolute Gasteiger partial charge is 0.418 e. The number of nitrogens with zero attached hydrogens (tertiary/aromatic N) is 2. The molecule has 0 aliphatic carbocycles. The Bertz CT molecular complexity index is 595. The third kappa shape index (κ3) is 2.98. The maximum Gasteiger partial charge on any atom is 0.418 e. The molecule has 1 N–H and O–H groups in total. The molecule has 0 radical (unpaired) electrons. The first kappa shape index (κ1) is 14.1. The Hall–Kier alpha value is -1.34. The van der Waals surface area contributed by atoms with Crippen molar-refractivity contribution in [2.75, 3.05) is 0 Å². The van der Waals surface area contributed by atoms with Crippen molar-refractivity contribution in [2.45, 2.75) is 19.2 Å². The van der Waals surface area contributed by atoms with Gasteiger partial charge < -0.3 is 5.11 Å². The van der Waals surface area contributed by atoms with Gasteiger partial charge in [-0.3, -0.25) is 0 Å². The van der Waals surface area contributed by atoms with Crippen LogP contribution in [0, 0.1) is 6.92 Å². The van der Waals surface area contributed by atoms with E-state index in [4.69, 9.17) is 0 Å². The van der Waals surface area contributed by atoms with Crippen LogP contribution in [0.25, 0.3) is 5.69 Å². The van der Waals surface area contributed by atoms with Crippen molar-refractivity contribution in [3.05, 3.63) is 46.2 Å². The van der Waals surface area contributed by atoms with Crippen molar-refractivity contribution in [1.29, 1.82) is 0 Å². The van der Waals surface area contributed by atoms with Crippen LogP contribution in [0.15, 0.2) is 34.9 Å².